The number of nitrogens with zero attached hydrogens (tertiary/aromatic N) is 1. The Balaban J connectivity index is 1.90. The third-order valence-electron chi connectivity index (χ3n) is 3.62. The first-order valence-corrected chi connectivity index (χ1v) is 9.38. The fraction of sp³-hybridized carbons (Fsp3) is 0.105. The third kappa shape index (κ3) is 4.44. The van der Waals surface area contributed by atoms with Crippen molar-refractivity contribution in [1.29, 1.82) is 0 Å². The van der Waals surface area contributed by atoms with Crippen LogP contribution in [0.15, 0.2) is 86.9 Å². The van der Waals surface area contributed by atoms with E-state index < -0.39 is 17.4 Å². The summed E-state index contributed by atoms with van der Waals surface area (Å²) < 4.78 is 7.00. The van der Waals surface area contributed by atoms with E-state index in [1.165, 1.54) is 16.8 Å². The van der Waals surface area contributed by atoms with Crippen molar-refractivity contribution in [3.8, 4) is 0 Å². The van der Waals surface area contributed by atoms with Crippen LogP contribution in [0.4, 0.5) is 0 Å². The average molecular weight is 400 g/mol. The molecule has 0 radical (unpaired) electrons. The van der Waals surface area contributed by atoms with E-state index in [9.17, 15) is 14.4 Å². The second-order valence-corrected chi connectivity index (χ2v) is 7.70. The van der Waals surface area contributed by atoms with E-state index in [2.05, 4.69) is 4.42 Å². The number of aromatic nitrogens is 1. The Bertz CT molecular complexity index is 964. The number of benzene rings is 2. The van der Waals surface area contributed by atoms with Crippen molar-refractivity contribution in [3.63, 3.8) is 0 Å². The van der Waals surface area contributed by atoms with E-state index in [1.807, 2.05) is 60.7 Å². The summed E-state index contributed by atoms with van der Waals surface area (Å²) in [5.74, 6) is -0.763. The number of carbonyl (C=O) groups excluding carboxylic acids is 1. The predicted molar refractivity (Wildman–Crippen MR) is 95.3 cm³/mol. The monoisotopic (exact) mass is 401 g/mol. The number of hydrogen-bond acceptors (Lipinski definition) is 4. The molecule has 1 atom stereocenters. The number of carbonyl (C=O) groups is 1. The molecule has 0 aliphatic rings. The van der Waals surface area contributed by atoms with Crippen molar-refractivity contribution in [2.75, 3.05) is 0 Å². The second-order valence-electron chi connectivity index (χ2n) is 5.33. The third-order valence-corrected chi connectivity index (χ3v) is 5.52. The Hall–Kier alpha value is -2.69. The van der Waals surface area contributed by atoms with Gasteiger partial charge in [0.1, 0.15) is 0 Å². The van der Waals surface area contributed by atoms with Crippen LogP contribution in [0, 0.1) is 0 Å². The van der Waals surface area contributed by atoms with Crippen LogP contribution in [0.1, 0.15) is 18.0 Å². The van der Waals surface area contributed by atoms with Crippen LogP contribution < -0.4 is 15.8 Å². The van der Waals surface area contributed by atoms with Crippen molar-refractivity contribution >= 4 is 24.1 Å². The molecule has 0 fully saturated rings. The quantitative estimate of drug-likeness (QED) is 0.586. The molecular formula is C19H15NO4Se. The fourth-order valence-electron chi connectivity index (χ4n) is 2.48. The van der Waals surface area contributed by atoms with Crippen LogP contribution in [0.3, 0.4) is 0 Å². The molecule has 0 aliphatic heterocycles. The summed E-state index contributed by atoms with van der Waals surface area (Å²) >= 11 is -0.340. The van der Waals surface area contributed by atoms with E-state index in [0.29, 0.717) is 0 Å². The van der Waals surface area contributed by atoms with Gasteiger partial charge < -0.3 is 0 Å². The van der Waals surface area contributed by atoms with E-state index >= 15 is 0 Å². The van der Waals surface area contributed by atoms with Crippen LogP contribution in [0.5, 0.6) is 0 Å². The van der Waals surface area contributed by atoms with Gasteiger partial charge in [0.15, 0.2) is 0 Å². The van der Waals surface area contributed by atoms with E-state index in [4.69, 9.17) is 0 Å². The molecule has 25 heavy (non-hydrogen) atoms. The van der Waals surface area contributed by atoms with Gasteiger partial charge >= 0.3 is 150 Å². The first-order chi connectivity index (χ1) is 12.1. The van der Waals surface area contributed by atoms with Crippen molar-refractivity contribution < 1.29 is 9.21 Å². The molecule has 2 aromatic carbocycles. The minimum atomic E-state index is -0.763. The molecule has 0 spiro atoms. The maximum atomic E-state index is 12.6. The molecule has 5 nitrogen and oxygen atoms in total. The Labute approximate surface area is 150 Å². The topological polar surface area (TPSA) is 69.3 Å². The summed E-state index contributed by atoms with van der Waals surface area (Å²) in [6, 6.07) is 19.5. The SMILES string of the molecule is O=C(CC(c1ccccc1)n1ccc(=O)oc1=O)[Se]c1ccccc1. The van der Waals surface area contributed by atoms with Gasteiger partial charge in [-0.1, -0.05) is 0 Å². The summed E-state index contributed by atoms with van der Waals surface area (Å²) in [6.07, 6.45) is 1.54. The molecule has 0 saturated carbocycles. The van der Waals surface area contributed by atoms with Crippen molar-refractivity contribution in [2.45, 2.75) is 12.5 Å². The van der Waals surface area contributed by atoms with Crippen LogP contribution in [-0.2, 0) is 4.79 Å². The number of hydrogen-bond donors (Lipinski definition) is 0. The fourth-order valence-corrected chi connectivity index (χ4v) is 4.15. The summed E-state index contributed by atoms with van der Waals surface area (Å²) in [7, 11) is 0. The summed E-state index contributed by atoms with van der Waals surface area (Å²) in [4.78, 5) is 35.9. The normalized spacial score (nSPS) is 11.8. The molecule has 126 valence electrons. The van der Waals surface area contributed by atoms with E-state index in [0.717, 1.165) is 10.0 Å². The van der Waals surface area contributed by atoms with E-state index in [-0.39, 0.29) is 26.1 Å². The molecule has 1 unspecified atom stereocenters. The van der Waals surface area contributed by atoms with Crippen LogP contribution in [0.2, 0.25) is 0 Å². The molecule has 1 aromatic heterocycles. The van der Waals surface area contributed by atoms with Gasteiger partial charge in [-0.05, 0) is 0 Å². The molecular weight excluding hydrogens is 385 g/mol. The second kappa shape index (κ2) is 7.92. The van der Waals surface area contributed by atoms with Gasteiger partial charge in [0.05, 0.1) is 0 Å². The van der Waals surface area contributed by atoms with Gasteiger partial charge in [0.2, 0.25) is 0 Å². The van der Waals surface area contributed by atoms with Crippen LogP contribution in [-0.4, -0.2) is 24.2 Å². The molecule has 0 bridgehead atoms. The molecule has 0 aliphatic carbocycles. The van der Waals surface area contributed by atoms with Gasteiger partial charge in [0.25, 0.3) is 0 Å². The first-order valence-electron chi connectivity index (χ1n) is 7.66. The van der Waals surface area contributed by atoms with Crippen molar-refractivity contribution in [2.24, 2.45) is 0 Å². The van der Waals surface area contributed by atoms with Crippen molar-refractivity contribution in [3.05, 3.63) is 99.5 Å². The Kier molecular flexibility index (Phi) is 5.43. The Morgan fingerprint density at radius 1 is 0.960 bits per heavy atom. The van der Waals surface area contributed by atoms with E-state index in [1.54, 1.807) is 0 Å². The van der Waals surface area contributed by atoms with Gasteiger partial charge in [0, 0.05) is 0 Å². The number of rotatable bonds is 6. The molecule has 0 amide bonds. The molecule has 0 saturated heterocycles. The molecule has 1 heterocycles. The zero-order valence-electron chi connectivity index (χ0n) is 13.2. The molecule has 3 aromatic rings. The van der Waals surface area contributed by atoms with Gasteiger partial charge in [-0.25, -0.2) is 0 Å². The molecule has 0 N–H and O–H groups in total. The molecule has 6 heteroatoms. The standard InChI is InChI=1S/C19H15NO4Se/c21-17-11-12-20(19(23)24-17)16(14-7-3-1-4-8-14)13-18(22)25-15-9-5-2-6-10-15/h1-12,16H,13H2. The summed E-state index contributed by atoms with van der Waals surface area (Å²) in [5.41, 5.74) is 0.114. The maximum absolute atomic E-state index is 12.6. The average Bonchev–Trinajstić information content (AvgIpc) is 2.62. The van der Waals surface area contributed by atoms with Gasteiger partial charge in [-0.15, -0.1) is 0 Å². The van der Waals surface area contributed by atoms with Crippen LogP contribution >= 0.6 is 0 Å². The zero-order chi connectivity index (χ0) is 17.6. The van der Waals surface area contributed by atoms with Gasteiger partial charge in [-0.3, -0.25) is 0 Å². The first kappa shape index (κ1) is 17.1. The summed E-state index contributed by atoms with van der Waals surface area (Å²) in [6.45, 7) is 0. The van der Waals surface area contributed by atoms with Crippen molar-refractivity contribution in [1.82, 2.24) is 4.57 Å². The Morgan fingerprint density at radius 2 is 1.60 bits per heavy atom. The van der Waals surface area contributed by atoms with Crippen LogP contribution in [0.25, 0.3) is 0 Å². The van der Waals surface area contributed by atoms with Gasteiger partial charge in [-0.2, -0.15) is 0 Å². The minimum absolute atomic E-state index is 0.0608. The Morgan fingerprint density at radius 3 is 2.24 bits per heavy atom. The predicted octanol–water partition coefficient (Wildman–Crippen LogP) is 1.34. The summed E-state index contributed by atoms with van der Waals surface area (Å²) in [5, 5.41) is 0. The molecule has 3 rings (SSSR count). The zero-order valence-corrected chi connectivity index (χ0v) is 14.9.